The molecule has 0 aromatic carbocycles. The number of carbonyl (C=O) groups excluding carboxylic acids is 1. The van der Waals surface area contributed by atoms with Crippen molar-refractivity contribution < 1.29 is 4.79 Å². The van der Waals surface area contributed by atoms with Gasteiger partial charge in [-0.15, -0.1) is 10.2 Å². The quantitative estimate of drug-likeness (QED) is 0.798. The summed E-state index contributed by atoms with van der Waals surface area (Å²) >= 11 is 3.47. The van der Waals surface area contributed by atoms with Crippen LogP contribution >= 0.6 is 15.9 Å². The van der Waals surface area contributed by atoms with E-state index in [1.54, 1.807) is 6.33 Å². The number of unbranched alkanes of at least 4 members (excludes halogenated alkanes) is 2. The van der Waals surface area contributed by atoms with Gasteiger partial charge in [0.05, 0.1) is 5.70 Å². The number of ketones is 1. The number of rotatable bonds is 4. The van der Waals surface area contributed by atoms with E-state index in [0.717, 1.165) is 34.4 Å². The Morgan fingerprint density at radius 3 is 3.11 bits per heavy atom. The van der Waals surface area contributed by atoms with E-state index in [4.69, 9.17) is 0 Å². The van der Waals surface area contributed by atoms with Gasteiger partial charge in [0.15, 0.2) is 5.78 Å². The Morgan fingerprint density at radius 1 is 1.47 bits per heavy atom. The Kier molecular flexibility index (Phi) is 3.39. The fourth-order valence-electron chi connectivity index (χ4n) is 2.90. The fraction of sp³-hybridized carbons (Fsp3) is 0.500. The van der Waals surface area contributed by atoms with Crippen LogP contribution in [0, 0.1) is 0 Å². The predicted octanol–water partition coefficient (Wildman–Crippen LogP) is 3.42. The van der Waals surface area contributed by atoms with Gasteiger partial charge in [0.2, 0.25) is 0 Å². The molecular weight excluding hydrogens is 306 g/mol. The lowest BCUT2D eigenvalue weighted by molar-refractivity contribution is -0.113. The molecule has 0 saturated heterocycles. The van der Waals surface area contributed by atoms with Crippen molar-refractivity contribution in [2.75, 3.05) is 0 Å². The number of carbonyl (C=O) groups is 1. The van der Waals surface area contributed by atoms with Crippen LogP contribution in [0.25, 0.3) is 5.70 Å². The van der Waals surface area contributed by atoms with Gasteiger partial charge in [-0.25, -0.2) is 0 Å². The molecule has 3 rings (SSSR count). The number of aromatic nitrogens is 3. The van der Waals surface area contributed by atoms with Crippen LogP contribution in [0.4, 0.5) is 0 Å². The summed E-state index contributed by atoms with van der Waals surface area (Å²) in [5.41, 5.74) is 1.90. The Hall–Kier alpha value is -1.23. The SMILES string of the molecule is CCCCCC1C2=C(C(=O)CC(Br)=C2)n2cnnc21. The minimum Gasteiger partial charge on any atom is -0.292 e. The molecule has 5 heteroatoms. The van der Waals surface area contributed by atoms with Crippen LogP contribution in [0.5, 0.6) is 0 Å². The van der Waals surface area contributed by atoms with Crippen LogP contribution in [0.15, 0.2) is 22.5 Å². The van der Waals surface area contributed by atoms with Crippen LogP contribution in [0.1, 0.15) is 50.8 Å². The zero-order valence-corrected chi connectivity index (χ0v) is 12.5. The fourth-order valence-corrected chi connectivity index (χ4v) is 3.40. The van der Waals surface area contributed by atoms with E-state index in [2.05, 4.69) is 39.1 Å². The van der Waals surface area contributed by atoms with Crippen molar-refractivity contribution in [1.82, 2.24) is 14.8 Å². The van der Waals surface area contributed by atoms with Crippen molar-refractivity contribution >= 4 is 27.4 Å². The third-order valence-corrected chi connectivity index (χ3v) is 4.29. The number of hydrogen-bond acceptors (Lipinski definition) is 3. The molecule has 1 aliphatic carbocycles. The van der Waals surface area contributed by atoms with Crippen molar-refractivity contribution in [3.8, 4) is 0 Å². The molecule has 19 heavy (non-hydrogen) atoms. The average molecular weight is 322 g/mol. The minimum atomic E-state index is 0.156. The molecule has 2 heterocycles. The summed E-state index contributed by atoms with van der Waals surface area (Å²) in [7, 11) is 0. The molecule has 0 bridgehead atoms. The van der Waals surface area contributed by atoms with Crippen LogP contribution in [0.3, 0.4) is 0 Å². The highest BCUT2D eigenvalue weighted by Crippen LogP contribution is 2.44. The number of hydrogen-bond donors (Lipinski definition) is 0. The lowest BCUT2D eigenvalue weighted by Gasteiger charge is -2.15. The van der Waals surface area contributed by atoms with E-state index in [1.807, 2.05) is 4.57 Å². The molecule has 0 radical (unpaired) electrons. The van der Waals surface area contributed by atoms with Gasteiger partial charge >= 0.3 is 0 Å². The first kappa shape index (κ1) is 12.8. The van der Waals surface area contributed by atoms with Gasteiger partial charge in [-0.05, 0) is 18.1 Å². The van der Waals surface area contributed by atoms with Crippen molar-refractivity contribution in [1.29, 1.82) is 0 Å². The number of nitrogens with zero attached hydrogens (tertiary/aromatic N) is 3. The van der Waals surface area contributed by atoms with E-state index in [0.29, 0.717) is 6.42 Å². The lowest BCUT2D eigenvalue weighted by atomic mass is 9.90. The molecule has 0 amide bonds. The average Bonchev–Trinajstić information content (AvgIpc) is 2.91. The zero-order valence-electron chi connectivity index (χ0n) is 10.9. The monoisotopic (exact) mass is 321 g/mol. The molecule has 0 N–H and O–H groups in total. The molecule has 100 valence electrons. The molecule has 1 aromatic heterocycles. The lowest BCUT2D eigenvalue weighted by Crippen LogP contribution is -2.10. The van der Waals surface area contributed by atoms with Crippen LogP contribution < -0.4 is 0 Å². The minimum absolute atomic E-state index is 0.156. The topological polar surface area (TPSA) is 47.8 Å². The predicted molar refractivity (Wildman–Crippen MR) is 76.8 cm³/mol. The Labute approximate surface area is 120 Å². The number of Topliss-reactive ketones (excluding diaryl/α,β-unsaturated/α-hetero) is 1. The van der Waals surface area contributed by atoms with Crippen molar-refractivity contribution in [3.63, 3.8) is 0 Å². The normalized spacial score (nSPS) is 21.5. The molecule has 4 nitrogen and oxygen atoms in total. The Bertz CT molecular complexity index is 585. The molecule has 0 saturated carbocycles. The largest absolute Gasteiger partial charge is 0.292 e. The Balaban J connectivity index is 1.98. The molecule has 0 spiro atoms. The van der Waals surface area contributed by atoms with E-state index in [1.165, 1.54) is 12.8 Å². The number of fused-ring (bicyclic) bond motifs is 2. The Morgan fingerprint density at radius 2 is 2.32 bits per heavy atom. The highest BCUT2D eigenvalue weighted by molar-refractivity contribution is 9.11. The molecule has 1 atom stereocenters. The van der Waals surface area contributed by atoms with Crippen LogP contribution in [-0.2, 0) is 4.79 Å². The second-order valence-corrected chi connectivity index (χ2v) is 6.12. The smallest absolute Gasteiger partial charge is 0.184 e. The van der Waals surface area contributed by atoms with E-state index in [9.17, 15) is 4.79 Å². The standard InChI is InChI=1S/C14H16BrN3O/c1-2-3-4-5-10-11-6-9(15)7-12(19)13(11)18-8-16-17-14(10)18/h6,8,10H,2-5,7H2,1H3. The first-order valence-corrected chi connectivity index (χ1v) is 7.55. The van der Waals surface area contributed by atoms with Crippen molar-refractivity contribution in [2.24, 2.45) is 0 Å². The summed E-state index contributed by atoms with van der Waals surface area (Å²) in [6.45, 7) is 2.20. The molecule has 0 fully saturated rings. The number of halogens is 1. The van der Waals surface area contributed by atoms with Gasteiger partial charge < -0.3 is 0 Å². The third-order valence-electron chi connectivity index (χ3n) is 3.78. The highest BCUT2D eigenvalue weighted by atomic mass is 79.9. The van der Waals surface area contributed by atoms with Gasteiger partial charge in [0.25, 0.3) is 0 Å². The maximum absolute atomic E-state index is 12.2. The van der Waals surface area contributed by atoms with Gasteiger partial charge in [-0.3, -0.25) is 9.36 Å². The van der Waals surface area contributed by atoms with Crippen LogP contribution in [-0.4, -0.2) is 20.5 Å². The summed E-state index contributed by atoms with van der Waals surface area (Å²) in [5.74, 6) is 1.30. The summed E-state index contributed by atoms with van der Waals surface area (Å²) in [5, 5.41) is 8.18. The zero-order chi connectivity index (χ0) is 13.4. The first-order chi connectivity index (χ1) is 9.22. The van der Waals surface area contributed by atoms with E-state index < -0.39 is 0 Å². The summed E-state index contributed by atoms with van der Waals surface area (Å²) in [6.07, 6.45) is 8.81. The maximum Gasteiger partial charge on any atom is 0.184 e. The first-order valence-electron chi connectivity index (χ1n) is 6.76. The van der Waals surface area contributed by atoms with Gasteiger partial charge in [-0.2, -0.15) is 0 Å². The summed E-state index contributed by atoms with van der Waals surface area (Å²) in [6, 6.07) is 0. The summed E-state index contributed by atoms with van der Waals surface area (Å²) in [4.78, 5) is 12.2. The molecule has 1 aromatic rings. The van der Waals surface area contributed by atoms with Gasteiger partial charge in [0, 0.05) is 16.8 Å². The van der Waals surface area contributed by atoms with Crippen LogP contribution in [0.2, 0.25) is 0 Å². The van der Waals surface area contributed by atoms with Crippen molar-refractivity contribution in [3.05, 3.63) is 28.3 Å². The molecule has 2 aliphatic rings. The van der Waals surface area contributed by atoms with E-state index in [-0.39, 0.29) is 11.7 Å². The van der Waals surface area contributed by atoms with Crippen molar-refractivity contribution in [2.45, 2.75) is 44.9 Å². The second-order valence-electron chi connectivity index (χ2n) is 5.10. The second kappa shape index (κ2) is 5.04. The molecular formula is C14H16BrN3O. The third kappa shape index (κ3) is 2.10. The van der Waals surface area contributed by atoms with Gasteiger partial charge in [-0.1, -0.05) is 42.1 Å². The summed E-state index contributed by atoms with van der Waals surface area (Å²) < 4.78 is 2.85. The highest BCUT2D eigenvalue weighted by Gasteiger charge is 2.37. The molecule has 1 unspecified atom stereocenters. The van der Waals surface area contributed by atoms with Gasteiger partial charge in [0.1, 0.15) is 12.2 Å². The maximum atomic E-state index is 12.2. The number of allylic oxidation sites excluding steroid dienone is 4. The van der Waals surface area contributed by atoms with E-state index >= 15 is 0 Å². The molecule has 1 aliphatic heterocycles.